The van der Waals surface area contributed by atoms with Gasteiger partial charge in [-0.3, -0.25) is 29.3 Å². The van der Waals surface area contributed by atoms with Crippen molar-refractivity contribution in [2.75, 3.05) is 16.3 Å². The van der Waals surface area contributed by atoms with Crippen molar-refractivity contribution in [2.24, 2.45) is 23.7 Å². The summed E-state index contributed by atoms with van der Waals surface area (Å²) in [7, 11) is 0. The zero-order valence-corrected chi connectivity index (χ0v) is 20.6. The molecule has 1 saturated carbocycles. The van der Waals surface area contributed by atoms with E-state index in [0.717, 1.165) is 19.3 Å². The van der Waals surface area contributed by atoms with Gasteiger partial charge < -0.3 is 9.64 Å². The minimum absolute atomic E-state index is 0.0368. The van der Waals surface area contributed by atoms with E-state index >= 15 is 0 Å². The van der Waals surface area contributed by atoms with Gasteiger partial charge in [0.25, 0.3) is 5.69 Å². The number of esters is 1. The Bertz CT molecular complexity index is 1310. The Kier molecular flexibility index (Phi) is 6.26. The summed E-state index contributed by atoms with van der Waals surface area (Å²) >= 11 is 0. The fourth-order valence-corrected chi connectivity index (χ4v) is 5.64. The van der Waals surface area contributed by atoms with E-state index < -0.39 is 16.8 Å². The number of amides is 3. The number of nitro groups is 1. The molecule has 2 aromatic rings. The van der Waals surface area contributed by atoms with Crippen molar-refractivity contribution in [2.45, 2.75) is 39.5 Å². The monoisotopic (exact) mass is 505 g/mol. The number of benzene rings is 2. The van der Waals surface area contributed by atoms with Crippen molar-refractivity contribution in [1.82, 2.24) is 0 Å². The summed E-state index contributed by atoms with van der Waals surface area (Å²) in [5.41, 5.74) is 1.52. The second-order valence-corrected chi connectivity index (χ2v) is 10.2. The van der Waals surface area contributed by atoms with Gasteiger partial charge in [0.1, 0.15) is 5.75 Å². The molecule has 0 bridgehead atoms. The van der Waals surface area contributed by atoms with Crippen molar-refractivity contribution >= 4 is 40.8 Å². The molecule has 0 aromatic heterocycles. The molecule has 3 aliphatic rings. The van der Waals surface area contributed by atoms with Crippen molar-refractivity contribution in [3.05, 3.63) is 58.1 Å². The number of hydrogen-bond donors (Lipinski definition) is 0. The summed E-state index contributed by atoms with van der Waals surface area (Å²) in [6.45, 7) is 3.96. The third-order valence-corrected chi connectivity index (χ3v) is 7.65. The first-order valence-corrected chi connectivity index (χ1v) is 12.4. The maximum absolute atomic E-state index is 13.1. The number of carbonyl (C=O) groups is 4. The number of rotatable bonds is 5. The molecule has 10 heteroatoms. The second kappa shape index (κ2) is 9.42. The van der Waals surface area contributed by atoms with Crippen LogP contribution in [0.15, 0.2) is 42.5 Å². The largest absolute Gasteiger partial charge is 0.426 e. The molecule has 3 amide bonds. The van der Waals surface area contributed by atoms with E-state index in [0.29, 0.717) is 22.9 Å². The zero-order chi connectivity index (χ0) is 26.4. The number of aryl methyl sites for hydroxylation is 1. The molecule has 5 rings (SSSR count). The Morgan fingerprint density at radius 1 is 1.03 bits per heavy atom. The van der Waals surface area contributed by atoms with Crippen molar-refractivity contribution in [3.8, 4) is 5.75 Å². The molecule has 0 N–H and O–H groups in total. The molecule has 10 nitrogen and oxygen atoms in total. The minimum Gasteiger partial charge on any atom is -0.426 e. The Hall–Kier alpha value is -4.08. The Balaban J connectivity index is 1.26. The summed E-state index contributed by atoms with van der Waals surface area (Å²) in [6, 6.07) is 10.4. The van der Waals surface area contributed by atoms with Crippen LogP contribution in [0.4, 0.5) is 17.1 Å². The highest BCUT2D eigenvalue weighted by molar-refractivity contribution is 6.22. The van der Waals surface area contributed by atoms with Gasteiger partial charge in [-0.2, -0.15) is 0 Å². The van der Waals surface area contributed by atoms with Gasteiger partial charge in [-0.25, -0.2) is 4.90 Å². The molecule has 4 atom stereocenters. The van der Waals surface area contributed by atoms with E-state index in [-0.39, 0.29) is 54.0 Å². The molecule has 0 radical (unpaired) electrons. The smallest absolute Gasteiger partial charge is 0.316 e. The molecule has 37 heavy (non-hydrogen) atoms. The number of anilines is 2. The normalized spacial score (nSPS) is 25.4. The summed E-state index contributed by atoms with van der Waals surface area (Å²) in [4.78, 5) is 64.5. The van der Waals surface area contributed by atoms with Crippen LogP contribution in [-0.2, 0) is 19.2 Å². The van der Waals surface area contributed by atoms with Crippen LogP contribution in [0.1, 0.15) is 38.2 Å². The number of hydrogen-bond acceptors (Lipinski definition) is 7. The predicted octanol–water partition coefficient (Wildman–Crippen LogP) is 3.79. The molecule has 2 saturated heterocycles. The number of nitro benzene ring substituents is 1. The standard InChI is InChI=1S/C27H27N3O7/c1-15-3-9-21-22(11-15)26(33)29(25(21)32)23-10-8-20(12-16(23)2)37-27(34)17-13-24(31)28(14-17)18-4-6-19(7-5-18)30(35)36/h4-8,10,12,15,17,21-22H,3,9,11,13-14H2,1-2H3/t15-,17+,21+,22+/m0/s1. The van der Waals surface area contributed by atoms with E-state index in [4.69, 9.17) is 4.74 Å². The number of carbonyl (C=O) groups excluding carboxylic acids is 4. The molecule has 1 aliphatic carbocycles. The first-order chi connectivity index (χ1) is 17.6. The average molecular weight is 506 g/mol. The summed E-state index contributed by atoms with van der Waals surface area (Å²) in [5, 5.41) is 10.9. The van der Waals surface area contributed by atoms with Crippen molar-refractivity contribution in [1.29, 1.82) is 0 Å². The summed E-state index contributed by atoms with van der Waals surface area (Å²) in [5.74, 6) is -1.73. The molecular formula is C27H27N3O7. The first kappa shape index (κ1) is 24.6. The van der Waals surface area contributed by atoms with Gasteiger partial charge in [0.15, 0.2) is 0 Å². The number of nitrogens with zero attached hydrogens (tertiary/aromatic N) is 3. The lowest BCUT2D eigenvalue weighted by molar-refractivity contribution is -0.384. The molecule has 0 spiro atoms. The molecular weight excluding hydrogens is 478 g/mol. The van der Waals surface area contributed by atoms with Gasteiger partial charge in [-0.15, -0.1) is 0 Å². The number of ether oxygens (including phenoxy) is 1. The van der Waals surface area contributed by atoms with Gasteiger partial charge in [0.05, 0.1) is 28.4 Å². The SMILES string of the molecule is Cc1cc(OC(=O)[C@@H]2CC(=O)N(c3ccc([N+](=O)[O-])cc3)C2)ccc1N1C(=O)[C@@H]2CC[C@H](C)C[C@H]2C1=O. The molecule has 2 heterocycles. The van der Waals surface area contributed by atoms with Crippen molar-refractivity contribution < 1.29 is 28.8 Å². The molecule has 192 valence electrons. The van der Waals surface area contributed by atoms with E-state index in [2.05, 4.69) is 6.92 Å². The second-order valence-electron chi connectivity index (χ2n) is 10.2. The fourth-order valence-electron chi connectivity index (χ4n) is 5.64. The summed E-state index contributed by atoms with van der Waals surface area (Å²) in [6.07, 6.45) is 2.34. The van der Waals surface area contributed by atoms with Gasteiger partial charge in [0, 0.05) is 30.8 Å². The van der Waals surface area contributed by atoms with Crippen LogP contribution < -0.4 is 14.5 Å². The topological polar surface area (TPSA) is 127 Å². The van der Waals surface area contributed by atoms with Gasteiger partial charge >= 0.3 is 5.97 Å². The number of fused-ring (bicyclic) bond motifs is 1. The predicted molar refractivity (Wildman–Crippen MR) is 133 cm³/mol. The van der Waals surface area contributed by atoms with Crippen LogP contribution in [-0.4, -0.2) is 35.2 Å². The lowest BCUT2D eigenvalue weighted by atomic mass is 9.76. The third kappa shape index (κ3) is 4.47. The Labute approximate surface area is 213 Å². The van der Waals surface area contributed by atoms with Crippen LogP contribution >= 0.6 is 0 Å². The van der Waals surface area contributed by atoms with E-state index in [1.54, 1.807) is 25.1 Å². The molecule has 2 aromatic carbocycles. The number of non-ortho nitro benzene ring substituents is 1. The van der Waals surface area contributed by atoms with Crippen LogP contribution in [0, 0.1) is 40.7 Å². The highest BCUT2D eigenvalue weighted by Gasteiger charge is 2.50. The first-order valence-electron chi connectivity index (χ1n) is 12.4. The van der Waals surface area contributed by atoms with Gasteiger partial charge in [0.2, 0.25) is 17.7 Å². The van der Waals surface area contributed by atoms with Gasteiger partial charge in [-0.1, -0.05) is 6.92 Å². The highest BCUT2D eigenvalue weighted by atomic mass is 16.6. The lowest BCUT2D eigenvalue weighted by Gasteiger charge is -2.25. The van der Waals surface area contributed by atoms with Crippen LogP contribution in [0.25, 0.3) is 0 Å². The maximum atomic E-state index is 13.1. The highest BCUT2D eigenvalue weighted by Crippen LogP contribution is 2.43. The maximum Gasteiger partial charge on any atom is 0.316 e. The van der Waals surface area contributed by atoms with Gasteiger partial charge in [-0.05, 0) is 68.0 Å². The van der Waals surface area contributed by atoms with Crippen molar-refractivity contribution in [3.63, 3.8) is 0 Å². The lowest BCUT2D eigenvalue weighted by Crippen LogP contribution is -2.31. The average Bonchev–Trinajstić information content (AvgIpc) is 3.37. The molecule has 3 fully saturated rings. The van der Waals surface area contributed by atoms with Crippen LogP contribution in [0.3, 0.4) is 0 Å². The molecule has 2 aliphatic heterocycles. The van der Waals surface area contributed by atoms with Crippen LogP contribution in [0.5, 0.6) is 5.75 Å². The quantitative estimate of drug-likeness (QED) is 0.199. The van der Waals surface area contributed by atoms with E-state index in [1.807, 2.05) is 0 Å². The van der Waals surface area contributed by atoms with E-state index in [1.165, 1.54) is 34.1 Å². The fraction of sp³-hybridized carbons (Fsp3) is 0.407. The minimum atomic E-state index is -0.700. The van der Waals surface area contributed by atoms with Crippen LogP contribution in [0.2, 0.25) is 0 Å². The third-order valence-electron chi connectivity index (χ3n) is 7.65. The Morgan fingerprint density at radius 2 is 1.73 bits per heavy atom. The zero-order valence-electron chi connectivity index (χ0n) is 20.6. The molecule has 0 unspecified atom stereocenters. The van der Waals surface area contributed by atoms with E-state index in [9.17, 15) is 29.3 Å². The Morgan fingerprint density at radius 3 is 2.41 bits per heavy atom. The number of imide groups is 1. The summed E-state index contributed by atoms with van der Waals surface area (Å²) < 4.78 is 5.55.